The van der Waals surface area contributed by atoms with Crippen LogP contribution in [0.5, 0.6) is 5.75 Å². The van der Waals surface area contributed by atoms with Gasteiger partial charge in [0.1, 0.15) is 11.6 Å². The number of benzene rings is 1. The number of hydrogen-bond acceptors (Lipinski definition) is 4. The Kier molecular flexibility index (Phi) is 4.00. The fourth-order valence-corrected chi connectivity index (χ4v) is 1.06. The van der Waals surface area contributed by atoms with Gasteiger partial charge in [-0.05, 0) is 18.2 Å². The highest BCUT2D eigenvalue weighted by atomic mass is 19.1. The number of carboxylic acids is 1. The van der Waals surface area contributed by atoms with Gasteiger partial charge >= 0.3 is 5.97 Å². The van der Waals surface area contributed by atoms with Gasteiger partial charge in [0.15, 0.2) is 6.10 Å². The second-order valence-corrected chi connectivity index (χ2v) is 3.23. The Labute approximate surface area is 95.3 Å². The van der Waals surface area contributed by atoms with Gasteiger partial charge in [-0.3, -0.25) is 4.79 Å². The minimum atomic E-state index is -1.75. The number of nitrogens with one attached hydrogen (secondary N) is 1. The minimum Gasteiger partial charge on any atom is -0.507 e. The van der Waals surface area contributed by atoms with Crippen LogP contribution in [0.4, 0.5) is 4.39 Å². The van der Waals surface area contributed by atoms with Crippen molar-refractivity contribution in [2.24, 2.45) is 0 Å². The van der Waals surface area contributed by atoms with Crippen LogP contribution in [0.1, 0.15) is 10.4 Å². The number of aliphatic carboxylic acids is 1. The van der Waals surface area contributed by atoms with Gasteiger partial charge in [0, 0.05) is 0 Å². The lowest BCUT2D eigenvalue weighted by molar-refractivity contribution is -0.146. The number of aromatic hydroxyl groups is 1. The average Bonchev–Trinajstić information content (AvgIpc) is 2.28. The summed E-state index contributed by atoms with van der Waals surface area (Å²) >= 11 is 0. The number of halogens is 1. The summed E-state index contributed by atoms with van der Waals surface area (Å²) < 4.78 is 12.8. The number of hydrogen-bond donors (Lipinski definition) is 4. The van der Waals surface area contributed by atoms with E-state index >= 15 is 0 Å². The molecular formula is C10H10FNO5. The topological polar surface area (TPSA) is 107 Å². The van der Waals surface area contributed by atoms with Crippen LogP contribution in [0.3, 0.4) is 0 Å². The number of rotatable bonds is 4. The molecule has 0 spiro atoms. The molecule has 1 atom stereocenters. The summed E-state index contributed by atoms with van der Waals surface area (Å²) in [6.45, 7) is -0.538. The highest BCUT2D eigenvalue weighted by Crippen LogP contribution is 2.17. The summed E-state index contributed by atoms with van der Waals surface area (Å²) in [5, 5.41) is 28.6. The quantitative estimate of drug-likeness (QED) is 0.581. The second-order valence-electron chi connectivity index (χ2n) is 3.23. The molecule has 0 aliphatic rings. The Morgan fingerprint density at radius 2 is 2.06 bits per heavy atom. The zero-order valence-corrected chi connectivity index (χ0v) is 8.55. The molecule has 92 valence electrons. The summed E-state index contributed by atoms with van der Waals surface area (Å²) in [4.78, 5) is 21.7. The predicted molar refractivity (Wildman–Crippen MR) is 54.0 cm³/mol. The van der Waals surface area contributed by atoms with Crippen LogP contribution < -0.4 is 5.32 Å². The maximum absolute atomic E-state index is 12.8. The molecule has 1 amide bonds. The SMILES string of the molecule is O=C(NCC(O)C(=O)O)c1cc(F)ccc1O. The highest BCUT2D eigenvalue weighted by Gasteiger charge is 2.17. The van der Waals surface area contributed by atoms with Crippen molar-refractivity contribution in [2.45, 2.75) is 6.10 Å². The molecule has 0 heterocycles. The molecule has 1 aromatic rings. The Hall–Kier alpha value is -2.15. The number of aliphatic hydroxyl groups is 1. The van der Waals surface area contributed by atoms with Crippen molar-refractivity contribution in [1.82, 2.24) is 5.32 Å². The molecule has 0 aromatic heterocycles. The third kappa shape index (κ3) is 3.42. The first kappa shape index (κ1) is 12.9. The Morgan fingerprint density at radius 1 is 1.41 bits per heavy atom. The maximum atomic E-state index is 12.8. The van der Waals surface area contributed by atoms with Crippen molar-refractivity contribution >= 4 is 11.9 Å². The van der Waals surface area contributed by atoms with E-state index in [1.165, 1.54) is 0 Å². The molecule has 0 radical (unpaired) electrons. The van der Waals surface area contributed by atoms with Gasteiger partial charge in [-0.2, -0.15) is 0 Å². The lowest BCUT2D eigenvalue weighted by Gasteiger charge is -2.08. The maximum Gasteiger partial charge on any atom is 0.334 e. The van der Waals surface area contributed by atoms with Crippen molar-refractivity contribution in [3.63, 3.8) is 0 Å². The second kappa shape index (κ2) is 5.26. The van der Waals surface area contributed by atoms with E-state index in [9.17, 15) is 19.1 Å². The highest BCUT2D eigenvalue weighted by molar-refractivity contribution is 5.97. The van der Waals surface area contributed by atoms with E-state index in [4.69, 9.17) is 10.2 Å². The fraction of sp³-hybridized carbons (Fsp3) is 0.200. The number of carboxylic acid groups (broad SMARTS) is 1. The molecule has 1 unspecified atom stereocenters. The predicted octanol–water partition coefficient (Wildman–Crippen LogP) is -0.293. The monoisotopic (exact) mass is 243 g/mol. The molecular weight excluding hydrogens is 233 g/mol. The minimum absolute atomic E-state index is 0.331. The Balaban J connectivity index is 2.70. The van der Waals surface area contributed by atoms with Crippen LogP contribution in [0, 0.1) is 5.82 Å². The van der Waals surface area contributed by atoms with Gasteiger partial charge in [-0.15, -0.1) is 0 Å². The van der Waals surface area contributed by atoms with Gasteiger partial charge in [-0.25, -0.2) is 9.18 Å². The molecule has 1 rings (SSSR count). The van der Waals surface area contributed by atoms with E-state index in [1.54, 1.807) is 0 Å². The molecule has 0 bridgehead atoms. The molecule has 17 heavy (non-hydrogen) atoms. The molecule has 0 aliphatic heterocycles. The number of carbonyl (C=O) groups is 2. The van der Waals surface area contributed by atoms with Gasteiger partial charge in [0.25, 0.3) is 5.91 Å². The normalized spacial score (nSPS) is 11.9. The first-order valence-electron chi connectivity index (χ1n) is 4.59. The van der Waals surface area contributed by atoms with E-state index in [0.717, 1.165) is 18.2 Å². The van der Waals surface area contributed by atoms with Gasteiger partial charge < -0.3 is 20.6 Å². The van der Waals surface area contributed by atoms with Crippen molar-refractivity contribution in [3.8, 4) is 5.75 Å². The molecule has 6 nitrogen and oxygen atoms in total. The van der Waals surface area contributed by atoms with Crippen molar-refractivity contribution in [3.05, 3.63) is 29.6 Å². The number of phenols is 1. The Bertz CT molecular complexity index is 448. The zero-order chi connectivity index (χ0) is 13.0. The van der Waals surface area contributed by atoms with Crippen LogP contribution in [0.2, 0.25) is 0 Å². The van der Waals surface area contributed by atoms with Crippen molar-refractivity contribution < 1.29 is 29.3 Å². The van der Waals surface area contributed by atoms with E-state index < -0.39 is 36.1 Å². The number of phenolic OH excluding ortho intramolecular Hbond substituents is 1. The summed E-state index contributed by atoms with van der Waals surface area (Å²) in [5.41, 5.74) is -0.331. The van der Waals surface area contributed by atoms with Crippen LogP contribution in [0.15, 0.2) is 18.2 Å². The third-order valence-electron chi connectivity index (χ3n) is 1.94. The smallest absolute Gasteiger partial charge is 0.334 e. The average molecular weight is 243 g/mol. The van der Waals surface area contributed by atoms with E-state index in [2.05, 4.69) is 5.32 Å². The molecule has 0 aliphatic carbocycles. The van der Waals surface area contributed by atoms with Gasteiger partial charge in [-0.1, -0.05) is 0 Å². The lowest BCUT2D eigenvalue weighted by Crippen LogP contribution is -2.36. The van der Waals surface area contributed by atoms with Crippen LogP contribution in [-0.2, 0) is 4.79 Å². The lowest BCUT2D eigenvalue weighted by atomic mass is 10.2. The first-order chi connectivity index (χ1) is 7.91. The van der Waals surface area contributed by atoms with E-state index in [-0.39, 0.29) is 5.56 Å². The van der Waals surface area contributed by atoms with Crippen LogP contribution >= 0.6 is 0 Å². The zero-order valence-electron chi connectivity index (χ0n) is 8.55. The van der Waals surface area contributed by atoms with Gasteiger partial charge in [0.05, 0.1) is 12.1 Å². The summed E-state index contributed by atoms with van der Waals surface area (Å²) in [5.74, 6) is -3.52. The number of carbonyl (C=O) groups excluding carboxylic acids is 1. The number of aliphatic hydroxyl groups excluding tert-OH is 1. The van der Waals surface area contributed by atoms with Gasteiger partial charge in [0.2, 0.25) is 0 Å². The van der Waals surface area contributed by atoms with E-state index in [0.29, 0.717) is 0 Å². The summed E-state index contributed by atoms with van der Waals surface area (Å²) in [7, 11) is 0. The Morgan fingerprint density at radius 3 is 2.65 bits per heavy atom. The third-order valence-corrected chi connectivity index (χ3v) is 1.94. The molecule has 1 aromatic carbocycles. The van der Waals surface area contributed by atoms with Crippen LogP contribution in [0.25, 0.3) is 0 Å². The summed E-state index contributed by atoms with van der Waals surface area (Å²) in [6, 6.07) is 2.77. The molecule has 4 N–H and O–H groups in total. The molecule has 0 fully saturated rings. The van der Waals surface area contributed by atoms with Crippen molar-refractivity contribution in [2.75, 3.05) is 6.54 Å². The standard InChI is InChI=1S/C10H10FNO5/c11-5-1-2-7(13)6(3-5)9(15)12-4-8(14)10(16)17/h1-3,8,13-14H,4H2,(H,12,15)(H,16,17). The van der Waals surface area contributed by atoms with E-state index in [1.807, 2.05) is 0 Å². The largest absolute Gasteiger partial charge is 0.507 e. The number of amides is 1. The van der Waals surface area contributed by atoms with Crippen molar-refractivity contribution in [1.29, 1.82) is 0 Å². The van der Waals surface area contributed by atoms with Crippen LogP contribution in [-0.4, -0.2) is 39.8 Å². The summed E-state index contributed by atoms with van der Waals surface area (Å²) in [6.07, 6.45) is -1.75. The molecule has 0 saturated carbocycles. The molecule has 0 saturated heterocycles. The first-order valence-corrected chi connectivity index (χ1v) is 4.59. The fourth-order valence-electron chi connectivity index (χ4n) is 1.06. The molecule has 7 heteroatoms.